The highest BCUT2D eigenvalue weighted by atomic mass is 32.1. The van der Waals surface area contributed by atoms with Gasteiger partial charge in [0.1, 0.15) is 0 Å². The van der Waals surface area contributed by atoms with E-state index in [4.69, 9.17) is 0 Å². The number of thiazole rings is 1. The zero-order chi connectivity index (χ0) is 22.7. The van der Waals surface area contributed by atoms with Crippen LogP contribution in [0.3, 0.4) is 0 Å². The second-order valence-electron chi connectivity index (χ2n) is 6.65. The van der Waals surface area contributed by atoms with Gasteiger partial charge in [-0.3, -0.25) is 9.69 Å². The molecule has 0 bridgehead atoms. The van der Waals surface area contributed by atoms with E-state index in [0.29, 0.717) is 10.8 Å². The molecule has 2 aromatic heterocycles. The zero-order valence-corrected chi connectivity index (χ0v) is 17.3. The SMILES string of the molecule is C=CCN(C(=O)c1cn(-c2ccccc2C(F)(F)F)nn1)c1nc(-c2ccccc2)cs1. The summed E-state index contributed by atoms with van der Waals surface area (Å²) in [7, 11) is 0. The van der Waals surface area contributed by atoms with Crippen LogP contribution in [0.2, 0.25) is 0 Å². The second kappa shape index (κ2) is 8.75. The number of hydrogen-bond donors (Lipinski definition) is 0. The van der Waals surface area contributed by atoms with Gasteiger partial charge < -0.3 is 0 Å². The summed E-state index contributed by atoms with van der Waals surface area (Å²) in [6.45, 7) is 3.82. The van der Waals surface area contributed by atoms with E-state index in [9.17, 15) is 18.0 Å². The van der Waals surface area contributed by atoms with Crippen molar-refractivity contribution in [1.82, 2.24) is 20.0 Å². The lowest BCUT2D eigenvalue weighted by molar-refractivity contribution is -0.137. The third-order valence-corrected chi connectivity index (χ3v) is 5.38. The Hall–Kier alpha value is -3.79. The molecule has 2 aromatic carbocycles. The third-order valence-electron chi connectivity index (χ3n) is 4.52. The molecule has 0 fully saturated rings. The Balaban J connectivity index is 1.65. The van der Waals surface area contributed by atoms with Crippen molar-refractivity contribution in [3.05, 3.63) is 90.1 Å². The van der Waals surface area contributed by atoms with Crippen LogP contribution in [0.4, 0.5) is 18.3 Å². The highest BCUT2D eigenvalue weighted by Crippen LogP contribution is 2.33. The molecule has 0 atom stereocenters. The summed E-state index contributed by atoms with van der Waals surface area (Å²) >= 11 is 1.27. The van der Waals surface area contributed by atoms with Gasteiger partial charge in [0.05, 0.1) is 23.1 Å². The molecule has 0 spiro atoms. The topological polar surface area (TPSA) is 63.9 Å². The first-order chi connectivity index (χ1) is 15.4. The summed E-state index contributed by atoms with van der Waals surface area (Å²) < 4.78 is 41.0. The van der Waals surface area contributed by atoms with Crippen LogP contribution in [0.25, 0.3) is 16.9 Å². The first kappa shape index (κ1) is 21.4. The fourth-order valence-corrected chi connectivity index (χ4v) is 3.88. The van der Waals surface area contributed by atoms with E-state index < -0.39 is 17.6 Å². The molecule has 0 saturated heterocycles. The van der Waals surface area contributed by atoms with Gasteiger partial charge in [-0.05, 0) is 12.1 Å². The molecule has 32 heavy (non-hydrogen) atoms. The van der Waals surface area contributed by atoms with Gasteiger partial charge in [0.15, 0.2) is 10.8 Å². The van der Waals surface area contributed by atoms with Crippen molar-refractivity contribution in [3.8, 4) is 16.9 Å². The van der Waals surface area contributed by atoms with E-state index in [1.807, 2.05) is 35.7 Å². The lowest BCUT2D eigenvalue weighted by Gasteiger charge is -2.16. The maximum Gasteiger partial charge on any atom is 0.418 e. The van der Waals surface area contributed by atoms with Gasteiger partial charge in [-0.15, -0.1) is 23.0 Å². The minimum absolute atomic E-state index is 0.111. The number of alkyl halides is 3. The molecule has 0 N–H and O–H groups in total. The maximum atomic E-state index is 13.3. The van der Waals surface area contributed by atoms with Crippen LogP contribution in [0.15, 0.2) is 78.8 Å². The predicted molar refractivity (Wildman–Crippen MR) is 116 cm³/mol. The van der Waals surface area contributed by atoms with Gasteiger partial charge in [-0.25, -0.2) is 9.67 Å². The number of hydrogen-bond acceptors (Lipinski definition) is 5. The Labute approximate surface area is 185 Å². The Bertz CT molecular complexity index is 1250. The molecule has 0 aliphatic carbocycles. The van der Waals surface area contributed by atoms with E-state index in [2.05, 4.69) is 21.9 Å². The highest BCUT2D eigenvalue weighted by Gasteiger charge is 2.34. The average molecular weight is 455 g/mol. The van der Waals surface area contributed by atoms with Crippen LogP contribution in [-0.4, -0.2) is 32.4 Å². The Morgan fingerprint density at radius 3 is 2.56 bits per heavy atom. The number of carbonyl (C=O) groups is 1. The number of benzene rings is 2. The minimum Gasteiger partial charge on any atom is -0.279 e. The molecule has 0 aliphatic heterocycles. The summed E-state index contributed by atoms with van der Waals surface area (Å²) in [5, 5.41) is 9.79. The molecule has 162 valence electrons. The first-order valence-corrected chi connectivity index (χ1v) is 10.3. The minimum atomic E-state index is -4.57. The number of amides is 1. The van der Waals surface area contributed by atoms with Gasteiger partial charge in [0.25, 0.3) is 5.91 Å². The summed E-state index contributed by atoms with van der Waals surface area (Å²) in [4.78, 5) is 19.0. The molecule has 4 rings (SSSR count). The number of aromatic nitrogens is 4. The number of para-hydroxylation sites is 1. The summed E-state index contributed by atoms with van der Waals surface area (Å²) in [5.41, 5.74) is 0.396. The van der Waals surface area contributed by atoms with Crippen LogP contribution in [-0.2, 0) is 6.18 Å². The standard InChI is InChI=1S/C22H16F3N5OS/c1-2-12-29(21-26-18(14-32-21)15-8-4-3-5-9-15)20(31)17-13-30(28-27-17)19-11-7-6-10-16(19)22(23,24)25/h2-11,13-14H,1,12H2. The lowest BCUT2D eigenvalue weighted by atomic mass is 10.1. The third kappa shape index (κ3) is 4.30. The predicted octanol–water partition coefficient (Wildman–Crippen LogP) is 5.24. The van der Waals surface area contributed by atoms with E-state index in [-0.39, 0.29) is 17.9 Å². The molecule has 0 radical (unpaired) electrons. The molecule has 4 aromatic rings. The fourth-order valence-electron chi connectivity index (χ4n) is 3.04. The number of nitrogens with zero attached hydrogens (tertiary/aromatic N) is 5. The molecule has 0 saturated carbocycles. The van der Waals surface area contributed by atoms with Crippen molar-refractivity contribution in [2.45, 2.75) is 6.18 Å². The van der Waals surface area contributed by atoms with Crippen LogP contribution in [0.5, 0.6) is 0 Å². The highest BCUT2D eigenvalue weighted by molar-refractivity contribution is 7.14. The smallest absolute Gasteiger partial charge is 0.279 e. The number of carbonyl (C=O) groups excluding carboxylic acids is 1. The monoisotopic (exact) mass is 455 g/mol. The quantitative estimate of drug-likeness (QED) is 0.373. The maximum absolute atomic E-state index is 13.3. The summed E-state index contributed by atoms with van der Waals surface area (Å²) in [5.74, 6) is -0.547. The lowest BCUT2D eigenvalue weighted by Crippen LogP contribution is -2.31. The molecular formula is C22H16F3N5OS. The molecule has 0 aliphatic rings. The van der Waals surface area contributed by atoms with Crippen LogP contribution < -0.4 is 4.90 Å². The van der Waals surface area contributed by atoms with Crippen LogP contribution in [0.1, 0.15) is 16.1 Å². The average Bonchev–Trinajstić information content (AvgIpc) is 3.47. The fraction of sp³-hybridized carbons (Fsp3) is 0.0909. The Morgan fingerprint density at radius 2 is 1.84 bits per heavy atom. The van der Waals surface area contributed by atoms with E-state index in [0.717, 1.165) is 16.3 Å². The van der Waals surface area contributed by atoms with Gasteiger partial charge in [-0.2, -0.15) is 13.2 Å². The van der Waals surface area contributed by atoms with Crippen LogP contribution >= 0.6 is 11.3 Å². The van der Waals surface area contributed by atoms with Gasteiger partial charge in [0, 0.05) is 17.5 Å². The summed E-state index contributed by atoms with van der Waals surface area (Å²) in [6.07, 6.45) is -1.87. The number of rotatable bonds is 6. The molecule has 0 unspecified atom stereocenters. The number of halogens is 3. The van der Waals surface area contributed by atoms with Gasteiger partial charge in [-0.1, -0.05) is 53.8 Å². The van der Waals surface area contributed by atoms with Crippen molar-refractivity contribution in [3.63, 3.8) is 0 Å². The van der Waals surface area contributed by atoms with E-state index >= 15 is 0 Å². The van der Waals surface area contributed by atoms with Gasteiger partial charge >= 0.3 is 6.18 Å². The van der Waals surface area contributed by atoms with E-state index in [1.54, 1.807) is 0 Å². The molecular weight excluding hydrogens is 439 g/mol. The zero-order valence-electron chi connectivity index (χ0n) is 16.5. The molecule has 2 heterocycles. The van der Waals surface area contributed by atoms with Crippen molar-refractivity contribution in [2.75, 3.05) is 11.4 Å². The van der Waals surface area contributed by atoms with Crippen molar-refractivity contribution >= 4 is 22.4 Å². The molecule has 1 amide bonds. The van der Waals surface area contributed by atoms with E-state index in [1.165, 1.54) is 46.7 Å². The second-order valence-corrected chi connectivity index (χ2v) is 7.49. The normalized spacial score (nSPS) is 11.3. The number of anilines is 1. The van der Waals surface area contributed by atoms with Crippen molar-refractivity contribution < 1.29 is 18.0 Å². The Kier molecular flexibility index (Phi) is 5.87. The largest absolute Gasteiger partial charge is 0.418 e. The van der Waals surface area contributed by atoms with Crippen molar-refractivity contribution in [1.29, 1.82) is 0 Å². The first-order valence-electron chi connectivity index (χ1n) is 9.41. The molecule has 10 heteroatoms. The van der Waals surface area contributed by atoms with Gasteiger partial charge in [0.2, 0.25) is 0 Å². The summed E-state index contributed by atoms with van der Waals surface area (Å²) in [6, 6.07) is 14.4. The van der Waals surface area contributed by atoms with Crippen LogP contribution in [0, 0.1) is 0 Å². The Morgan fingerprint density at radius 1 is 1.12 bits per heavy atom. The molecule has 6 nitrogen and oxygen atoms in total. The van der Waals surface area contributed by atoms with Crippen molar-refractivity contribution in [2.24, 2.45) is 0 Å².